The zero-order chi connectivity index (χ0) is 18.5. The first-order valence-corrected chi connectivity index (χ1v) is 7.49. The van der Waals surface area contributed by atoms with Crippen molar-refractivity contribution in [1.82, 2.24) is 10.2 Å². The first-order chi connectivity index (χ1) is 11.1. The fraction of sp³-hybridized carbons (Fsp3) is 0.529. The summed E-state index contributed by atoms with van der Waals surface area (Å²) in [5.74, 6) is 0.620. The van der Waals surface area contributed by atoms with Gasteiger partial charge in [0.25, 0.3) is 5.91 Å². The molecule has 0 saturated heterocycles. The number of ether oxygens (including phenoxy) is 3. The van der Waals surface area contributed by atoms with Crippen LogP contribution in [0.4, 0.5) is 0 Å². The highest BCUT2D eigenvalue weighted by Crippen LogP contribution is 2.38. The normalized spacial score (nSPS) is 10.8. The van der Waals surface area contributed by atoms with Gasteiger partial charge < -0.3 is 24.4 Å². The van der Waals surface area contributed by atoms with Crippen molar-refractivity contribution in [3.63, 3.8) is 0 Å². The molecule has 24 heavy (non-hydrogen) atoms. The average Bonchev–Trinajstić information content (AvgIpc) is 2.50. The zero-order valence-corrected chi connectivity index (χ0v) is 15.4. The molecule has 1 aromatic carbocycles. The second-order valence-electron chi connectivity index (χ2n) is 6.37. The highest BCUT2D eigenvalue weighted by Gasteiger charge is 2.22. The van der Waals surface area contributed by atoms with E-state index in [0.717, 1.165) is 0 Å². The summed E-state index contributed by atoms with van der Waals surface area (Å²) in [5, 5.41) is 2.82. The summed E-state index contributed by atoms with van der Waals surface area (Å²) < 4.78 is 15.7. The van der Waals surface area contributed by atoms with Crippen molar-refractivity contribution in [2.24, 2.45) is 0 Å². The van der Waals surface area contributed by atoms with Crippen LogP contribution in [0.25, 0.3) is 0 Å². The third kappa shape index (κ3) is 5.04. The largest absolute Gasteiger partial charge is 0.493 e. The summed E-state index contributed by atoms with van der Waals surface area (Å²) in [6, 6.07) is 3.11. The summed E-state index contributed by atoms with van der Waals surface area (Å²) in [7, 11) is 6.01. The van der Waals surface area contributed by atoms with Gasteiger partial charge in [0.1, 0.15) is 0 Å². The Morgan fingerprint density at radius 3 is 1.92 bits per heavy atom. The van der Waals surface area contributed by atoms with E-state index in [1.807, 2.05) is 20.8 Å². The van der Waals surface area contributed by atoms with Gasteiger partial charge in [-0.05, 0) is 32.9 Å². The molecule has 7 nitrogen and oxygen atoms in total. The van der Waals surface area contributed by atoms with Gasteiger partial charge in [0.15, 0.2) is 11.5 Å². The maximum Gasteiger partial charge on any atom is 0.254 e. The summed E-state index contributed by atoms with van der Waals surface area (Å²) >= 11 is 0. The van der Waals surface area contributed by atoms with Crippen LogP contribution in [-0.2, 0) is 4.79 Å². The molecule has 1 rings (SSSR count). The van der Waals surface area contributed by atoms with Crippen LogP contribution in [0, 0.1) is 0 Å². The molecule has 0 spiro atoms. The van der Waals surface area contributed by atoms with Crippen LogP contribution in [0.3, 0.4) is 0 Å². The van der Waals surface area contributed by atoms with Gasteiger partial charge in [-0.3, -0.25) is 9.59 Å². The third-order valence-electron chi connectivity index (χ3n) is 3.15. The Hall–Kier alpha value is -2.44. The number of amides is 2. The van der Waals surface area contributed by atoms with Gasteiger partial charge in [0.2, 0.25) is 11.7 Å². The van der Waals surface area contributed by atoms with E-state index < -0.39 is 0 Å². The number of likely N-dealkylation sites (N-methyl/N-ethyl adjacent to an activating group) is 1. The van der Waals surface area contributed by atoms with E-state index in [1.54, 1.807) is 19.2 Å². The minimum absolute atomic E-state index is 0.0488. The molecule has 2 amide bonds. The smallest absolute Gasteiger partial charge is 0.254 e. The lowest BCUT2D eigenvalue weighted by molar-refractivity contribution is -0.122. The molecule has 0 aromatic heterocycles. The molecule has 0 atom stereocenters. The number of carbonyl (C=O) groups is 2. The molecule has 0 bridgehead atoms. The van der Waals surface area contributed by atoms with Crippen molar-refractivity contribution in [2.75, 3.05) is 34.9 Å². The molecule has 0 radical (unpaired) electrons. The number of nitrogens with zero attached hydrogens (tertiary/aromatic N) is 1. The van der Waals surface area contributed by atoms with Crippen LogP contribution in [-0.4, -0.2) is 57.2 Å². The van der Waals surface area contributed by atoms with Crippen molar-refractivity contribution >= 4 is 11.8 Å². The Balaban J connectivity index is 3.00. The lowest BCUT2D eigenvalue weighted by Crippen LogP contribution is -2.46. The molecule has 7 heteroatoms. The van der Waals surface area contributed by atoms with Crippen molar-refractivity contribution in [1.29, 1.82) is 0 Å². The standard InChI is InChI=1S/C17H26N2O5/c1-17(2,3)18-14(20)10-19(4)16(21)11-8-12(22-5)15(24-7)13(9-11)23-6/h8-9H,10H2,1-7H3,(H,18,20). The van der Waals surface area contributed by atoms with Crippen molar-refractivity contribution in [3.05, 3.63) is 17.7 Å². The Morgan fingerprint density at radius 2 is 1.54 bits per heavy atom. The van der Waals surface area contributed by atoms with Crippen LogP contribution in [0.2, 0.25) is 0 Å². The molecule has 134 valence electrons. The minimum Gasteiger partial charge on any atom is -0.493 e. The lowest BCUT2D eigenvalue weighted by Gasteiger charge is -2.23. The summed E-state index contributed by atoms with van der Waals surface area (Å²) in [6.45, 7) is 5.59. The van der Waals surface area contributed by atoms with E-state index in [-0.39, 0.29) is 23.9 Å². The Bertz CT molecular complexity index is 582. The van der Waals surface area contributed by atoms with E-state index in [1.165, 1.54) is 26.2 Å². The highest BCUT2D eigenvalue weighted by molar-refractivity contribution is 5.97. The van der Waals surface area contributed by atoms with Crippen LogP contribution in [0.1, 0.15) is 31.1 Å². The monoisotopic (exact) mass is 338 g/mol. The fourth-order valence-electron chi connectivity index (χ4n) is 2.17. The summed E-state index contributed by atoms with van der Waals surface area (Å²) in [4.78, 5) is 25.9. The number of benzene rings is 1. The number of hydrogen-bond donors (Lipinski definition) is 1. The van der Waals surface area contributed by atoms with E-state index >= 15 is 0 Å². The maximum absolute atomic E-state index is 12.6. The Morgan fingerprint density at radius 1 is 1.04 bits per heavy atom. The van der Waals surface area contributed by atoms with Gasteiger partial charge in [-0.25, -0.2) is 0 Å². The fourth-order valence-corrected chi connectivity index (χ4v) is 2.17. The van der Waals surface area contributed by atoms with Gasteiger partial charge >= 0.3 is 0 Å². The van der Waals surface area contributed by atoms with Crippen molar-refractivity contribution in [3.8, 4) is 17.2 Å². The molecule has 0 aliphatic carbocycles. The quantitative estimate of drug-likeness (QED) is 0.854. The minimum atomic E-state index is -0.354. The van der Waals surface area contributed by atoms with E-state index in [9.17, 15) is 9.59 Å². The second-order valence-corrected chi connectivity index (χ2v) is 6.37. The summed E-state index contributed by atoms with van der Waals surface area (Å²) in [5.41, 5.74) is -0.0105. The molecule has 1 aromatic rings. The van der Waals surface area contributed by atoms with Gasteiger partial charge in [0.05, 0.1) is 27.9 Å². The molecular weight excluding hydrogens is 312 g/mol. The third-order valence-corrected chi connectivity index (χ3v) is 3.15. The van der Waals surface area contributed by atoms with Crippen LogP contribution in [0.15, 0.2) is 12.1 Å². The van der Waals surface area contributed by atoms with E-state index in [2.05, 4.69) is 5.32 Å². The number of nitrogens with one attached hydrogen (secondary N) is 1. The van der Waals surface area contributed by atoms with Gasteiger partial charge in [-0.15, -0.1) is 0 Å². The second kappa shape index (κ2) is 7.90. The molecular formula is C17H26N2O5. The van der Waals surface area contributed by atoms with Crippen LogP contribution in [0.5, 0.6) is 17.2 Å². The molecule has 0 saturated carbocycles. The predicted molar refractivity (Wildman–Crippen MR) is 91.0 cm³/mol. The van der Waals surface area contributed by atoms with Crippen molar-refractivity contribution < 1.29 is 23.8 Å². The summed E-state index contributed by atoms with van der Waals surface area (Å²) in [6.07, 6.45) is 0. The molecule has 0 fully saturated rings. The average molecular weight is 338 g/mol. The first kappa shape index (κ1) is 19.6. The molecule has 0 aliphatic rings. The number of methoxy groups -OCH3 is 3. The molecule has 0 heterocycles. The van der Waals surface area contributed by atoms with Crippen molar-refractivity contribution in [2.45, 2.75) is 26.3 Å². The van der Waals surface area contributed by atoms with Crippen LogP contribution < -0.4 is 19.5 Å². The Kier molecular flexibility index (Phi) is 6.45. The van der Waals surface area contributed by atoms with Gasteiger partial charge in [-0.1, -0.05) is 0 Å². The predicted octanol–water partition coefficient (Wildman–Crippen LogP) is 1.70. The first-order valence-electron chi connectivity index (χ1n) is 7.49. The maximum atomic E-state index is 12.6. The number of hydrogen-bond acceptors (Lipinski definition) is 5. The van der Waals surface area contributed by atoms with Crippen LogP contribution >= 0.6 is 0 Å². The van der Waals surface area contributed by atoms with Gasteiger partial charge in [-0.2, -0.15) is 0 Å². The molecule has 0 aliphatic heterocycles. The molecule has 0 unspecified atom stereocenters. The van der Waals surface area contributed by atoms with E-state index in [4.69, 9.17) is 14.2 Å². The number of carbonyl (C=O) groups excluding carboxylic acids is 2. The van der Waals surface area contributed by atoms with Gasteiger partial charge in [0, 0.05) is 18.2 Å². The SMILES string of the molecule is COc1cc(C(=O)N(C)CC(=O)NC(C)(C)C)cc(OC)c1OC. The molecule has 1 N–H and O–H groups in total. The van der Waals surface area contributed by atoms with E-state index in [0.29, 0.717) is 22.8 Å². The lowest BCUT2D eigenvalue weighted by atomic mass is 10.1. The number of rotatable bonds is 6. The zero-order valence-electron chi connectivity index (χ0n) is 15.4. The highest BCUT2D eigenvalue weighted by atomic mass is 16.5. The Labute approximate surface area is 142 Å². The topological polar surface area (TPSA) is 77.1 Å².